The minimum Gasteiger partial charge on any atom is -0.497 e. The molecule has 1 heterocycles. The van der Waals surface area contributed by atoms with Crippen molar-refractivity contribution in [3.63, 3.8) is 0 Å². The number of carbonyl (C=O) groups excluding carboxylic acids is 1. The Kier molecular flexibility index (Phi) is 4.53. The first-order chi connectivity index (χ1) is 10.8. The number of carbonyl (C=O) groups is 1. The third-order valence-electron chi connectivity index (χ3n) is 3.51. The quantitative estimate of drug-likeness (QED) is 0.940. The Morgan fingerprint density at radius 3 is 3.00 bits per heavy atom. The average Bonchev–Trinajstić information content (AvgIpc) is 2.55. The number of methoxy groups -OCH3 is 1. The Balaban J connectivity index is 1.67. The summed E-state index contributed by atoms with van der Waals surface area (Å²) in [7, 11) is 1.61. The predicted molar refractivity (Wildman–Crippen MR) is 91.0 cm³/mol. The standard InChI is InChI=1S/C17H18N2O2S/c1-21-14-6-4-5-13(11-14)18-17(20)12-19-9-10-22-16-8-3-2-7-15(16)19/h2-8,11H,9-10,12H2,1H3,(H,18,20). The fourth-order valence-corrected chi connectivity index (χ4v) is 3.52. The number of nitrogens with one attached hydrogen (secondary N) is 1. The van der Waals surface area contributed by atoms with Crippen LogP contribution in [0.4, 0.5) is 11.4 Å². The highest BCUT2D eigenvalue weighted by molar-refractivity contribution is 7.99. The molecule has 1 amide bonds. The van der Waals surface area contributed by atoms with Gasteiger partial charge in [0.25, 0.3) is 0 Å². The molecule has 4 nitrogen and oxygen atoms in total. The van der Waals surface area contributed by atoms with Gasteiger partial charge in [-0.1, -0.05) is 18.2 Å². The van der Waals surface area contributed by atoms with Crippen molar-refractivity contribution in [2.45, 2.75) is 4.90 Å². The molecule has 1 aliphatic heterocycles. The summed E-state index contributed by atoms with van der Waals surface area (Å²) in [5.41, 5.74) is 1.89. The minimum atomic E-state index is -0.0186. The lowest BCUT2D eigenvalue weighted by molar-refractivity contribution is -0.115. The SMILES string of the molecule is COc1cccc(NC(=O)CN2CCSc3ccccc32)c1. The van der Waals surface area contributed by atoms with Gasteiger partial charge in [0, 0.05) is 28.9 Å². The summed E-state index contributed by atoms with van der Waals surface area (Å²) >= 11 is 1.84. The maximum atomic E-state index is 12.3. The number of nitrogens with zero attached hydrogens (tertiary/aromatic N) is 1. The number of hydrogen-bond acceptors (Lipinski definition) is 4. The Labute approximate surface area is 134 Å². The molecular formula is C17H18N2O2S. The topological polar surface area (TPSA) is 41.6 Å². The molecule has 0 fully saturated rings. The third-order valence-corrected chi connectivity index (χ3v) is 4.56. The van der Waals surface area contributed by atoms with E-state index < -0.39 is 0 Å². The van der Waals surface area contributed by atoms with Crippen molar-refractivity contribution in [1.82, 2.24) is 0 Å². The Morgan fingerprint density at radius 1 is 1.27 bits per heavy atom. The lowest BCUT2D eigenvalue weighted by atomic mass is 10.2. The number of ether oxygens (including phenoxy) is 1. The molecule has 1 N–H and O–H groups in total. The highest BCUT2D eigenvalue weighted by Crippen LogP contribution is 2.34. The van der Waals surface area contributed by atoms with Gasteiger partial charge < -0.3 is 15.0 Å². The molecule has 2 aromatic carbocycles. The summed E-state index contributed by atoms with van der Waals surface area (Å²) in [5.74, 6) is 1.72. The van der Waals surface area contributed by atoms with Gasteiger partial charge in [-0.3, -0.25) is 4.79 Å². The molecule has 0 radical (unpaired) electrons. The van der Waals surface area contributed by atoms with E-state index in [0.717, 1.165) is 29.4 Å². The molecule has 2 aromatic rings. The molecule has 3 rings (SSSR count). The molecule has 1 aliphatic rings. The van der Waals surface area contributed by atoms with Gasteiger partial charge in [-0.25, -0.2) is 0 Å². The van der Waals surface area contributed by atoms with Gasteiger partial charge in [-0.05, 0) is 24.3 Å². The first-order valence-corrected chi connectivity index (χ1v) is 8.15. The highest BCUT2D eigenvalue weighted by Gasteiger charge is 2.19. The molecule has 0 bridgehead atoms. The highest BCUT2D eigenvalue weighted by atomic mass is 32.2. The van der Waals surface area contributed by atoms with Gasteiger partial charge in [0.15, 0.2) is 0 Å². The second-order valence-electron chi connectivity index (χ2n) is 5.02. The van der Waals surface area contributed by atoms with Crippen LogP contribution in [-0.4, -0.2) is 31.9 Å². The molecule has 0 saturated heterocycles. The average molecular weight is 314 g/mol. The number of amides is 1. The maximum absolute atomic E-state index is 12.3. The number of fused-ring (bicyclic) bond motifs is 1. The predicted octanol–water partition coefficient (Wildman–Crippen LogP) is 3.25. The molecule has 0 unspecified atom stereocenters. The molecule has 22 heavy (non-hydrogen) atoms. The van der Waals surface area contributed by atoms with Crippen LogP contribution in [0.3, 0.4) is 0 Å². The Hall–Kier alpha value is -2.14. The molecule has 0 aliphatic carbocycles. The number of anilines is 2. The van der Waals surface area contributed by atoms with Gasteiger partial charge in [0.1, 0.15) is 5.75 Å². The zero-order valence-corrected chi connectivity index (χ0v) is 13.2. The molecule has 0 spiro atoms. The zero-order chi connectivity index (χ0) is 15.4. The largest absolute Gasteiger partial charge is 0.497 e. The van der Waals surface area contributed by atoms with E-state index in [1.54, 1.807) is 7.11 Å². The van der Waals surface area contributed by atoms with Crippen molar-refractivity contribution in [2.75, 3.05) is 36.2 Å². The van der Waals surface area contributed by atoms with Crippen molar-refractivity contribution in [2.24, 2.45) is 0 Å². The van der Waals surface area contributed by atoms with Gasteiger partial charge in [0.2, 0.25) is 5.91 Å². The van der Waals surface area contributed by atoms with Crippen LogP contribution in [0.1, 0.15) is 0 Å². The van der Waals surface area contributed by atoms with Crippen LogP contribution >= 0.6 is 11.8 Å². The fourth-order valence-electron chi connectivity index (χ4n) is 2.47. The van der Waals surface area contributed by atoms with Crippen LogP contribution in [0.2, 0.25) is 0 Å². The zero-order valence-electron chi connectivity index (χ0n) is 12.4. The summed E-state index contributed by atoms with van der Waals surface area (Å²) in [4.78, 5) is 15.7. The number of thioether (sulfide) groups is 1. The molecule has 5 heteroatoms. The first kappa shape index (κ1) is 14.8. The van der Waals surface area contributed by atoms with Crippen LogP contribution in [0.25, 0.3) is 0 Å². The number of benzene rings is 2. The van der Waals surface area contributed by atoms with Crippen LogP contribution in [0.5, 0.6) is 5.75 Å². The van der Waals surface area contributed by atoms with E-state index in [2.05, 4.69) is 22.3 Å². The maximum Gasteiger partial charge on any atom is 0.243 e. The van der Waals surface area contributed by atoms with Gasteiger partial charge in [-0.15, -0.1) is 11.8 Å². The molecule has 114 valence electrons. The van der Waals surface area contributed by atoms with Crippen molar-refractivity contribution in [1.29, 1.82) is 0 Å². The second kappa shape index (κ2) is 6.75. The number of rotatable bonds is 4. The smallest absolute Gasteiger partial charge is 0.243 e. The van der Waals surface area contributed by atoms with Gasteiger partial charge in [-0.2, -0.15) is 0 Å². The summed E-state index contributed by atoms with van der Waals surface area (Å²) in [6, 6.07) is 15.6. The molecule has 0 saturated carbocycles. The van der Waals surface area contributed by atoms with E-state index in [4.69, 9.17) is 4.74 Å². The van der Waals surface area contributed by atoms with Crippen LogP contribution in [0, 0.1) is 0 Å². The lowest BCUT2D eigenvalue weighted by Gasteiger charge is -2.30. The number of hydrogen-bond donors (Lipinski definition) is 1. The van der Waals surface area contributed by atoms with Crippen LogP contribution in [0.15, 0.2) is 53.4 Å². The van der Waals surface area contributed by atoms with E-state index in [-0.39, 0.29) is 5.91 Å². The fraction of sp³-hybridized carbons (Fsp3) is 0.235. The van der Waals surface area contributed by atoms with Crippen molar-refractivity contribution in [3.8, 4) is 5.75 Å². The molecular weight excluding hydrogens is 296 g/mol. The summed E-state index contributed by atoms with van der Waals surface area (Å²) in [5, 5.41) is 2.93. The van der Waals surface area contributed by atoms with Crippen molar-refractivity contribution in [3.05, 3.63) is 48.5 Å². The Morgan fingerprint density at radius 2 is 2.14 bits per heavy atom. The summed E-state index contributed by atoms with van der Waals surface area (Å²) < 4.78 is 5.17. The number of para-hydroxylation sites is 1. The first-order valence-electron chi connectivity index (χ1n) is 7.17. The van der Waals surface area contributed by atoms with E-state index in [1.165, 1.54) is 4.90 Å². The van der Waals surface area contributed by atoms with E-state index in [1.807, 2.05) is 48.2 Å². The van der Waals surface area contributed by atoms with Gasteiger partial charge >= 0.3 is 0 Å². The lowest BCUT2D eigenvalue weighted by Crippen LogP contribution is -2.36. The monoisotopic (exact) mass is 314 g/mol. The van der Waals surface area contributed by atoms with E-state index in [9.17, 15) is 4.79 Å². The van der Waals surface area contributed by atoms with Crippen molar-refractivity contribution < 1.29 is 9.53 Å². The van der Waals surface area contributed by atoms with Gasteiger partial charge in [0.05, 0.1) is 19.3 Å². The minimum absolute atomic E-state index is 0.0186. The second-order valence-corrected chi connectivity index (χ2v) is 6.15. The molecule has 0 atom stereocenters. The molecule has 0 aromatic heterocycles. The van der Waals surface area contributed by atoms with Crippen molar-refractivity contribution >= 4 is 29.0 Å². The van der Waals surface area contributed by atoms with Crippen LogP contribution < -0.4 is 15.0 Å². The summed E-state index contributed by atoms with van der Waals surface area (Å²) in [6.07, 6.45) is 0. The van der Waals surface area contributed by atoms with E-state index >= 15 is 0 Å². The third kappa shape index (κ3) is 3.36. The van der Waals surface area contributed by atoms with Crippen LogP contribution in [-0.2, 0) is 4.79 Å². The van der Waals surface area contributed by atoms with E-state index in [0.29, 0.717) is 6.54 Å². The normalized spacial score (nSPS) is 13.4. The summed E-state index contributed by atoms with van der Waals surface area (Å²) in [6.45, 7) is 1.24. The Bertz CT molecular complexity index is 675.